The summed E-state index contributed by atoms with van der Waals surface area (Å²) >= 11 is 0. The van der Waals surface area contributed by atoms with E-state index in [9.17, 15) is 9.90 Å². The van der Waals surface area contributed by atoms with E-state index in [4.69, 9.17) is 0 Å². The lowest BCUT2D eigenvalue weighted by Crippen LogP contribution is -2.05. The van der Waals surface area contributed by atoms with Gasteiger partial charge >= 0.3 is 5.97 Å². The summed E-state index contributed by atoms with van der Waals surface area (Å²) in [5.74, 6) is -0.801. The molecule has 5 rings (SSSR count). The van der Waals surface area contributed by atoms with Crippen LogP contribution in [-0.4, -0.2) is 11.1 Å². The van der Waals surface area contributed by atoms with Gasteiger partial charge in [-0.3, -0.25) is 4.79 Å². The molecule has 0 radical (unpaired) electrons. The molecule has 0 atom stereocenters. The number of benzene rings is 5. The largest absolute Gasteiger partial charge is 0.481 e. The molecular weight excluding hydrogens is 356 g/mol. The Morgan fingerprint density at radius 1 is 0.621 bits per heavy atom. The van der Waals surface area contributed by atoms with Gasteiger partial charge in [0.2, 0.25) is 0 Å². The topological polar surface area (TPSA) is 37.3 Å². The zero-order chi connectivity index (χ0) is 19.8. The summed E-state index contributed by atoms with van der Waals surface area (Å²) in [6.45, 7) is 0. The number of rotatable bonds is 4. The third-order valence-corrected chi connectivity index (χ3v) is 5.70. The lowest BCUT2D eigenvalue weighted by Gasteiger charge is -2.15. The van der Waals surface area contributed by atoms with E-state index in [1.807, 2.05) is 24.3 Å². The van der Waals surface area contributed by atoms with Gasteiger partial charge < -0.3 is 5.11 Å². The Morgan fingerprint density at radius 2 is 1.24 bits per heavy atom. The number of carboxylic acids is 1. The zero-order valence-electron chi connectivity index (χ0n) is 15.9. The summed E-state index contributed by atoms with van der Waals surface area (Å²) in [7, 11) is 0. The van der Waals surface area contributed by atoms with Crippen molar-refractivity contribution in [2.45, 2.75) is 12.8 Å². The normalized spacial score (nSPS) is 11.3. The van der Waals surface area contributed by atoms with Gasteiger partial charge in [0.1, 0.15) is 0 Å². The Bertz CT molecular complexity index is 1380. The summed E-state index contributed by atoms with van der Waals surface area (Å²) in [4.78, 5) is 11.5. The SMILES string of the molecule is O=C(O)Cc1ccc2ccccc2c1Cc1cc2ccccc2c2ccccc12. The highest BCUT2D eigenvalue weighted by atomic mass is 16.4. The summed E-state index contributed by atoms with van der Waals surface area (Å²) < 4.78 is 0. The smallest absolute Gasteiger partial charge is 0.307 e. The highest BCUT2D eigenvalue weighted by Crippen LogP contribution is 2.32. The predicted octanol–water partition coefficient (Wildman–Crippen LogP) is 6.36. The Labute approximate surface area is 169 Å². The van der Waals surface area contributed by atoms with E-state index in [1.165, 1.54) is 27.1 Å². The molecule has 5 aromatic rings. The van der Waals surface area contributed by atoms with Gasteiger partial charge in [-0.05, 0) is 55.4 Å². The maximum Gasteiger partial charge on any atom is 0.307 e. The van der Waals surface area contributed by atoms with E-state index in [-0.39, 0.29) is 6.42 Å². The molecule has 0 spiro atoms. The highest BCUT2D eigenvalue weighted by Gasteiger charge is 2.14. The first-order valence-electron chi connectivity index (χ1n) is 9.81. The molecule has 0 aliphatic heterocycles. The van der Waals surface area contributed by atoms with Crippen molar-refractivity contribution in [3.8, 4) is 0 Å². The van der Waals surface area contributed by atoms with Crippen molar-refractivity contribution >= 4 is 38.3 Å². The van der Waals surface area contributed by atoms with Crippen LogP contribution in [0.4, 0.5) is 0 Å². The molecule has 2 nitrogen and oxygen atoms in total. The molecule has 140 valence electrons. The van der Waals surface area contributed by atoms with Gasteiger partial charge in [0.25, 0.3) is 0 Å². The van der Waals surface area contributed by atoms with Crippen LogP contribution in [0.15, 0.2) is 91.0 Å². The van der Waals surface area contributed by atoms with E-state index in [1.54, 1.807) is 0 Å². The molecule has 0 aromatic heterocycles. The van der Waals surface area contributed by atoms with Crippen molar-refractivity contribution in [3.63, 3.8) is 0 Å². The van der Waals surface area contributed by atoms with Crippen LogP contribution in [0.5, 0.6) is 0 Å². The predicted molar refractivity (Wildman–Crippen MR) is 120 cm³/mol. The van der Waals surface area contributed by atoms with Crippen LogP contribution in [0, 0.1) is 0 Å². The Hall–Kier alpha value is -3.65. The lowest BCUT2D eigenvalue weighted by atomic mass is 9.89. The fourth-order valence-corrected chi connectivity index (χ4v) is 4.39. The number of carboxylic acid groups (broad SMARTS) is 1. The van der Waals surface area contributed by atoms with Crippen molar-refractivity contribution < 1.29 is 9.90 Å². The van der Waals surface area contributed by atoms with Crippen molar-refractivity contribution in [1.82, 2.24) is 0 Å². The number of hydrogen-bond donors (Lipinski definition) is 1. The molecule has 0 fully saturated rings. The number of carbonyl (C=O) groups is 1. The van der Waals surface area contributed by atoms with E-state index in [0.717, 1.165) is 21.9 Å². The summed E-state index contributed by atoms with van der Waals surface area (Å²) in [6, 6.07) is 31.4. The van der Waals surface area contributed by atoms with Crippen LogP contribution in [0.25, 0.3) is 32.3 Å². The van der Waals surface area contributed by atoms with Crippen LogP contribution in [0.2, 0.25) is 0 Å². The Kier molecular flexibility index (Phi) is 4.25. The second-order valence-electron chi connectivity index (χ2n) is 7.47. The number of fused-ring (bicyclic) bond motifs is 4. The highest BCUT2D eigenvalue weighted by molar-refractivity contribution is 6.09. The molecule has 0 saturated heterocycles. The summed E-state index contributed by atoms with van der Waals surface area (Å²) in [6.07, 6.45) is 0.737. The molecule has 1 N–H and O–H groups in total. The minimum absolute atomic E-state index is 0.0334. The molecule has 0 aliphatic rings. The molecule has 0 bridgehead atoms. The van der Waals surface area contributed by atoms with Gasteiger partial charge in [-0.15, -0.1) is 0 Å². The van der Waals surface area contributed by atoms with Crippen LogP contribution in [0.1, 0.15) is 16.7 Å². The van der Waals surface area contributed by atoms with Gasteiger partial charge in [0.05, 0.1) is 6.42 Å². The average molecular weight is 376 g/mol. The maximum absolute atomic E-state index is 11.5. The molecule has 0 unspecified atom stereocenters. The van der Waals surface area contributed by atoms with Crippen molar-refractivity contribution in [2.75, 3.05) is 0 Å². The first-order valence-corrected chi connectivity index (χ1v) is 9.81. The zero-order valence-corrected chi connectivity index (χ0v) is 15.9. The van der Waals surface area contributed by atoms with Crippen LogP contribution >= 0.6 is 0 Å². The number of aliphatic carboxylic acids is 1. The van der Waals surface area contributed by atoms with E-state index in [2.05, 4.69) is 66.7 Å². The standard InChI is InChI=1S/C27H20O2/c28-27(29)17-20-14-13-18-7-1-3-9-22(18)26(20)16-21-15-19-8-2-4-10-23(19)25-12-6-5-11-24(21)25/h1-15H,16-17H2,(H,28,29). The Balaban J connectivity index is 1.77. The minimum Gasteiger partial charge on any atom is -0.481 e. The maximum atomic E-state index is 11.5. The third-order valence-electron chi connectivity index (χ3n) is 5.70. The second-order valence-corrected chi connectivity index (χ2v) is 7.47. The molecule has 29 heavy (non-hydrogen) atoms. The molecule has 5 aromatic carbocycles. The number of hydrogen-bond acceptors (Lipinski definition) is 1. The molecule has 0 saturated carbocycles. The summed E-state index contributed by atoms with van der Waals surface area (Å²) in [5, 5.41) is 16.6. The van der Waals surface area contributed by atoms with E-state index >= 15 is 0 Å². The quantitative estimate of drug-likeness (QED) is 0.370. The molecule has 0 amide bonds. The monoisotopic (exact) mass is 376 g/mol. The Morgan fingerprint density at radius 3 is 2.00 bits per heavy atom. The second kappa shape index (κ2) is 7.06. The van der Waals surface area contributed by atoms with Crippen molar-refractivity contribution in [3.05, 3.63) is 108 Å². The van der Waals surface area contributed by atoms with Crippen LogP contribution in [-0.2, 0) is 17.6 Å². The molecule has 2 heteroatoms. The van der Waals surface area contributed by atoms with Gasteiger partial charge in [-0.25, -0.2) is 0 Å². The fourth-order valence-electron chi connectivity index (χ4n) is 4.39. The fraction of sp³-hybridized carbons (Fsp3) is 0.0741. The van der Waals surface area contributed by atoms with E-state index < -0.39 is 5.97 Å². The average Bonchev–Trinajstić information content (AvgIpc) is 2.75. The molecule has 0 heterocycles. The van der Waals surface area contributed by atoms with Gasteiger partial charge in [-0.2, -0.15) is 0 Å². The first kappa shape index (κ1) is 17.4. The lowest BCUT2D eigenvalue weighted by molar-refractivity contribution is -0.136. The van der Waals surface area contributed by atoms with Gasteiger partial charge in [0.15, 0.2) is 0 Å². The molecular formula is C27H20O2. The van der Waals surface area contributed by atoms with Gasteiger partial charge in [-0.1, -0.05) is 91.0 Å². The summed E-state index contributed by atoms with van der Waals surface area (Å²) in [5.41, 5.74) is 3.21. The molecule has 0 aliphatic carbocycles. The van der Waals surface area contributed by atoms with Gasteiger partial charge in [0, 0.05) is 0 Å². The van der Waals surface area contributed by atoms with Crippen molar-refractivity contribution in [1.29, 1.82) is 0 Å². The third kappa shape index (κ3) is 3.13. The van der Waals surface area contributed by atoms with E-state index in [0.29, 0.717) is 6.42 Å². The van der Waals surface area contributed by atoms with Crippen molar-refractivity contribution in [2.24, 2.45) is 0 Å². The van der Waals surface area contributed by atoms with Crippen LogP contribution < -0.4 is 0 Å². The minimum atomic E-state index is -0.801. The van der Waals surface area contributed by atoms with Crippen LogP contribution in [0.3, 0.4) is 0 Å². The first-order chi connectivity index (χ1) is 14.2.